The third-order valence-corrected chi connectivity index (χ3v) is 4.68. The van der Waals surface area contributed by atoms with Crippen LogP contribution in [0.5, 0.6) is 0 Å². The van der Waals surface area contributed by atoms with Crippen molar-refractivity contribution in [3.05, 3.63) is 17.5 Å². The van der Waals surface area contributed by atoms with E-state index in [4.69, 9.17) is 5.11 Å². The maximum atomic E-state index is 11.8. The van der Waals surface area contributed by atoms with Gasteiger partial charge >= 0.3 is 5.97 Å². The van der Waals surface area contributed by atoms with E-state index in [-0.39, 0.29) is 11.7 Å². The molecule has 1 aromatic rings. The molecular weight excluding hydrogens is 258 g/mol. The number of carboxylic acid groups (broad SMARTS) is 1. The molecule has 1 N–H and O–H groups in total. The molecule has 0 aliphatic heterocycles. The summed E-state index contributed by atoms with van der Waals surface area (Å²) in [6.07, 6.45) is 0. The summed E-state index contributed by atoms with van der Waals surface area (Å²) < 4.78 is 1.06. The molecule has 0 radical (unpaired) electrons. The fraction of sp³-hybridized carbons (Fsp3) is 0.455. The fourth-order valence-corrected chi connectivity index (χ4v) is 2.73. The van der Waals surface area contributed by atoms with Crippen molar-refractivity contribution in [3.63, 3.8) is 0 Å². The van der Waals surface area contributed by atoms with Crippen LogP contribution in [0.2, 0.25) is 0 Å². The molecule has 1 aromatic heterocycles. The summed E-state index contributed by atoms with van der Waals surface area (Å²) in [5, 5.41) is 11.0. The van der Waals surface area contributed by atoms with Crippen molar-refractivity contribution in [1.29, 1.82) is 0 Å². The number of carbonyl (C=O) groups excluding carboxylic acids is 1. The van der Waals surface area contributed by atoms with Crippen molar-refractivity contribution < 1.29 is 14.7 Å². The summed E-state index contributed by atoms with van der Waals surface area (Å²) in [4.78, 5) is 24.1. The zero-order valence-electron chi connectivity index (χ0n) is 9.97. The van der Waals surface area contributed by atoms with Crippen LogP contribution in [-0.4, -0.2) is 40.2 Å². The lowest BCUT2D eigenvalue weighted by Crippen LogP contribution is -2.51. The number of aliphatic carboxylic acids is 1. The Morgan fingerprint density at radius 1 is 1.53 bits per heavy atom. The second kappa shape index (κ2) is 5.55. The number of thiophene rings is 1. The predicted molar refractivity (Wildman–Crippen MR) is 69.5 cm³/mol. The summed E-state index contributed by atoms with van der Waals surface area (Å²) in [6, 6.07) is 3.85. The van der Waals surface area contributed by atoms with Crippen molar-refractivity contribution in [3.8, 4) is 0 Å². The lowest BCUT2D eigenvalue weighted by molar-refractivity contribution is -0.154. The lowest BCUT2D eigenvalue weighted by Gasteiger charge is -2.31. The molecule has 0 aromatic carbocycles. The van der Waals surface area contributed by atoms with E-state index in [1.807, 2.05) is 17.5 Å². The van der Waals surface area contributed by atoms with Crippen LogP contribution in [0.4, 0.5) is 0 Å². The van der Waals surface area contributed by atoms with Crippen LogP contribution in [0.1, 0.15) is 13.8 Å². The fourth-order valence-electron chi connectivity index (χ4n) is 1.03. The number of carboxylic acids is 1. The van der Waals surface area contributed by atoms with Crippen molar-refractivity contribution in [2.75, 3.05) is 12.8 Å². The summed E-state index contributed by atoms with van der Waals surface area (Å²) in [6.45, 7) is 3.03. The van der Waals surface area contributed by atoms with Gasteiger partial charge in [0, 0.05) is 7.05 Å². The van der Waals surface area contributed by atoms with Gasteiger partial charge in [-0.3, -0.25) is 4.79 Å². The first-order valence-electron chi connectivity index (χ1n) is 5.02. The average molecular weight is 273 g/mol. The standard InChI is InChI=1S/C11H15NO3S2/c1-11(2,10(14)15)12(3)8(13)7-17-9-5-4-6-16-9/h4-6H,7H2,1-3H3,(H,14,15). The average Bonchev–Trinajstić information content (AvgIpc) is 2.77. The molecule has 0 aliphatic rings. The Kier molecular flexibility index (Phi) is 4.59. The van der Waals surface area contributed by atoms with Gasteiger partial charge in [0.1, 0.15) is 5.54 Å². The van der Waals surface area contributed by atoms with Gasteiger partial charge in [-0.15, -0.1) is 23.1 Å². The molecule has 0 fully saturated rings. The van der Waals surface area contributed by atoms with Crippen molar-refractivity contribution in [2.24, 2.45) is 0 Å². The molecule has 6 heteroatoms. The van der Waals surface area contributed by atoms with Crippen molar-refractivity contribution in [2.45, 2.75) is 23.6 Å². The number of hydrogen-bond acceptors (Lipinski definition) is 4. The second-order valence-electron chi connectivity index (χ2n) is 4.04. The molecule has 0 bridgehead atoms. The highest BCUT2D eigenvalue weighted by Gasteiger charge is 2.34. The van der Waals surface area contributed by atoms with Crippen LogP contribution in [0.3, 0.4) is 0 Å². The third-order valence-electron chi connectivity index (χ3n) is 2.57. The van der Waals surface area contributed by atoms with Gasteiger partial charge in [0.05, 0.1) is 9.96 Å². The number of nitrogens with zero attached hydrogens (tertiary/aromatic N) is 1. The Balaban J connectivity index is 2.56. The molecule has 94 valence electrons. The van der Waals surface area contributed by atoms with Crippen LogP contribution in [0.15, 0.2) is 21.7 Å². The minimum absolute atomic E-state index is 0.184. The van der Waals surface area contributed by atoms with Crippen LogP contribution < -0.4 is 0 Å². The minimum Gasteiger partial charge on any atom is -0.480 e. The van der Waals surface area contributed by atoms with E-state index in [9.17, 15) is 9.59 Å². The van der Waals surface area contributed by atoms with Gasteiger partial charge in [-0.1, -0.05) is 6.07 Å². The van der Waals surface area contributed by atoms with Gasteiger partial charge in [-0.25, -0.2) is 4.79 Å². The van der Waals surface area contributed by atoms with Crippen molar-refractivity contribution in [1.82, 2.24) is 4.90 Å². The van der Waals surface area contributed by atoms with Crippen molar-refractivity contribution >= 4 is 35.0 Å². The van der Waals surface area contributed by atoms with Crippen LogP contribution >= 0.6 is 23.1 Å². The number of amides is 1. The summed E-state index contributed by atoms with van der Waals surface area (Å²) in [5.74, 6) is -0.932. The van der Waals surface area contributed by atoms with E-state index in [1.54, 1.807) is 11.3 Å². The normalized spacial score (nSPS) is 11.2. The molecule has 1 heterocycles. The first-order chi connectivity index (χ1) is 7.85. The Morgan fingerprint density at radius 3 is 2.65 bits per heavy atom. The van der Waals surface area contributed by atoms with Gasteiger partial charge in [0.25, 0.3) is 0 Å². The maximum absolute atomic E-state index is 11.8. The zero-order chi connectivity index (χ0) is 13.1. The highest BCUT2D eigenvalue weighted by Crippen LogP contribution is 2.24. The monoisotopic (exact) mass is 273 g/mol. The molecule has 1 amide bonds. The zero-order valence-corrected chi connectivity index (χ0v) is 11.6. The number of thioether (sulfide) groups is 1. The van der Waals surface area contributed by atoms with E-state index >= 15 is 0 Å². The first-order valence-corrected chi connectivity index (χ1v) is 6.88. The molecule has 0 atom stereocenters. The van der Waals surface area contributed by atoms with Crippen LogP contribution in [0, 0.1) is 0 Å². The molecule has 17 heavy (non-hydrogen) atoms. The summed E-state index contributed by atoms with van der Waals surface area (Å²) in [5.41, 5.74) is -1.17. The SMILES string of the molecule is CN(C(=O)CSc1cccs1)C(C)(C)C(=O)O. The molecule has 0 saturated carbocycles. The Hall–Kier alpha value is -1.01. The summed E-state index contributed by atoms with van der Waals surface area (Å²) in [7, 11) is 1.52. The quantitative estimate of drug-likeness (QED) is 0.835. The van der Waals surface area contributed by atoms with E-state index in [0.717, 1.165) is 4.21 Å². The van der Waals surface area contributed by atoms with Crippen LogP contribution in [-0.2, 0) is 9.59 Å². The Labute approximate surface area is 109 Å². The molecule has 0 aliphatic carbocycles. The van der Waals surface area contributed by atoms with Crippen LogP contribution in [0.25, 0.3) is 0 Å². The highest BCUT2D eigenvalue weighted by atomic mass is 32.2. The smallest absolute Gasteiger partial charge is 0.329 e. The molecular formula is C11H15NO3S2. The number of likely N-dealkylation sites (N-methyl/N-ethyl adjacent to an activating group) is 1. The van der Waals surface area contributed by atoms with Gasteiger partial charge in [-0.05, 0) is 25.3 Å². The van der Waals surface area contributed by atoms with Gasteiger partial charge < -0.3 is 10.0 Å². The topological polar surface area (TPSA) is 57.6 Å². The van der Waals surface area contributed by atoms with E-state index < -0.39 is 11.5 Å². The van der Waals surface area contributed by atoms with Gasteiger partial charge in [0.2, 0.25) is 5.91 Å². The molecule has 0 spiro atoms. The number of carbonyl (C=O) groups is 2. The molecule has 1 rings (SSSR count). The molecule has 0 saturated heterocycles. The molecule has 4 nitrogen and oxygen atoms in total. The molecule has 0 unspecified atom stereocenters. The van der Waals surface area contributed by atoms with Gasteiger partial charge in [0.15, 0.2) is 0 Å². The first kappa shape index (κ1) is 14.1. The highest BCUT2D eigenvalue weighted by molar-refractivity contribution is 8.01. The summed E-state index contributed by atoms with van der Waals surface area (Å²) >= 11 is 2.99. The van der Waals surface area contributed by atoms with Gasteiger partial charge in [-0.2, -0.15) is 0 Å². The Bertz CT molecular complexity index is 401. The van der Waals surface area contributed by atoms with E-state index in [1.165, 1.54) is 37.6 Å². The predicted octanol–water partition coefficient (Wildman–Crippen LogP) is 2.16. The number of rotatable bonds is 5. The third kappa shape index (κ3) is 3.47. The largest absolute Gasteiger partial charge is 0.480 e. The minimum atomic E-state index is -1.17. The van der Waals surface area contributed by atoms with E-state index in [2.05, 4.69) is 0 Å². The Morgan fingerprint density at radius 2 is 2.18 bits per heavy atom. The maximum Gasteiger partial charge on any atom is 0.329 e. The second-order valence-corrected chi connectivity index (χ2v) is 6.26. The number of hydrogen-bond donors (Lipinski definition) is 1. The van der Waals surface area contributed by atoms with E-state index in [0.29, 0.717) is 0 Å². The lowest BCUT2D eigenvalue weighted by atomic mass is 10.0.